The summed E-state index contributed by atoms with van der Waals surface area (Å²) in [5.74, 6) is -0.165. The molecule has 0 atom stereocenters. The average molecular weight is 594 g/mol. The van der Waals surface area contributed by atoms with Gasteiger partial charge in [-0.15, -0.1) is 20.4 Å². The van der Waals surface area contributed by atoms with E-state index in [1.54, 1.807) is 19.1 Å². The van der Waals surface area contributed by atoms with E-state index in [1.807, 2.05) is 0 Å². The van der Waals surface area contributed by atoms with Crippen molar-refractivity contribution in [2.45, 2.75) is 24.8 Å². The van der Waals surface area contributed by atoms with E-state index in [0.29, 0.717) is 15.9 Å². The molecule has 2 amide bonds. The maximum absolute atomic E-state index is 13.5. The van der Waals surface area contributed by atoms with Crippen LogP contribution in [0.2, 0.25) is 0 Å². The van der Waals surface area contributed by atoms with Crippen LogP contribution in [0, 0.1) is 6.92 Å². The van der Waals surface area contributed by atoms with E-state index in [-0.39, 0.29) is 40.3 Å². The Morgan fingerprint density at radius 1 is 1.05 bits per heavy atom. The molecule has 0 saturated carbocycles. The standard InChI is InChI=1S/C24H22F3N7O4S2/c1-13-30-32-22(40-13)29-20(35)12-39-23-33-31-19(34(23)15-6-4-5-14(9-15)24(25,26)27)11-28-21(36)17-8-7-16(37-2)10-18(17)38-3/h4-10H,11-12H2,1-3H3,(H,28,36)(H,29,32,35). The van der Waals surface area contributed by atoms with Crippen molar-refractivity contribution in [1.82, 2.24) is 30.3 Å². The first-order valence-electron chi connectivity index (χ1n) is 11.4. The van der Waals surface area contributed by atoms with E-state index < -0.39 is 23.6 Å². The lowest BCUT2D eigenvalue weighted by molar-refractivity contribution is -0.137. The zero-order valence-corrected chi connectivity index (χ0v) is 22.9. The van der Waals surface area contributed by atoms with Crippen LogP contribution in [0.15, 0.2) is 47.6 Å². The molecule has 0 bridgehead atoms. The third kappa shape index (κ3) is 6.87. The van der Waals surface area contributed by atoms with Gasteiger partial charge in [0.15, 0.2) is 11.0 Å². The molecule has 4 aromatic rings. The Bertz CT molecular complexity index is 1520. The number of ether oxygens (including phenoxy) is 2. The minimum atomic E-state index is -4.59. The van der Waals surface area contributed by atoms with Gasteiger partial charge in [-0.25, -0.2) is 0 Å². The normalized spacial score (nSPS) is 11.2. The van der Waals surface area contributed by atoms with Gasteiger partial charge in [-0.3, -0.25) is 19.5 Å². The number of anilines is 1. The molecule has 2 aromatic carbocycles. The van der Waals surface area contributed by atoms with Crippen molar-refractivity contribution in [2.75, 3.05) is 25.3 Å². The number of carbonyl (C=O) groups excluding carboxylic acids is 2. The summed E-state index contributed by atoms with van der Waals surface area (Å²) in [5.41, 5.74) is -0.558. The number of nitrogens with one attached hydrogen (secondary N) is 2. The lowest BCUT2D eigenvalue weighted by Crippen LogP contribution is -2.25. The molecule has 0 aliphatic carbocycles. The van der Waals surface area contributed by atoms with Crippen molar-refractivity contribution in [3.8, 4) is 17.2 Å². The largest absolute Gasteiger partial charge is 0.497 e. The van der Waals surface area contributed by atoms with Crippen LogP contribution in [-0.2, 0) is 17.5 Å². The zero-order valence-electron chi connectivity index (χ0n) is 21.3. The zero-order chi connectivity index (χ0) is 28.9. The number of halogens is 3. The molecule has 40 heavy (non-hydrogen) atoms. The molecular weight excluding hydrogens is 571 g/mol. The molecule has 0 unspecified atom stereocenters. The van der Waals surface area contributed by atoms with Crippen molar-refractivity contribution in [2.24, 2.45) is 0 Å². The minimum absolute atomic E-state index is 0.105. The van der Waals surface area contributed by atoms with Crippen LogP contribution < -0.4 is 20.1 Å². The summed E-state index contributed by atoms with van der Waals surface area (Å²) < 4.78 is 52.1. The van der Waals surface area contributed by atoms with Crippen molar-refractivity contribution in [3.05, 3.63) is 64.4 Å². The number of aromatic nitrogens is 5. The summed E-state index contributed by atoms with van der Waals surface area (Å²) in [6, 6.07) is 9.23. The van der Waals surface area contributed by atoms with E-state index in [0.717, 1.165) is 23.9 Å². The quantitative estimate of drug-likeness (QED) is 0.261. The number of rotatable bonds is 10. The molecule has 2 aromatic heterocycles. The first-order chi connectivity index (χ1) is 19.1. The minimum Gasteiger partial charge on any atom is -0.497 e. The Morgan fingerprint density at radius 3 is 2.52 bits per heavy atom. The number of thioether (sulfide) groups is 1. The number of alkyl halides is 3. The molecule has 2 heterocycles. The molecule has 0 saturated heterocycles. The van der Waals surface area contributed by atoms with E-state index in [9.17, 15) is 22.8 Å². The molecule has 0 fully saturated rings. The molecule has 11 nitrogen and oxygen atoms in total. The maximum atomic E-state index is 13.5. The van der Waals surface area contributed by atoms with Crippen LogP contribution in [0.1, 0.15) is 26.8 Å². The van der Waals surface area contributed by atoms with Crippen molar-refractivity contribution < 1.29 is 32.2 Å². The summed E-state index contributed by atoms with van der Waals surface area (Å²) in [6.45, 7) is 1.55. The molecule has 2 N–H and O–H groups in total. The van der Waals surface area contributed by atoms with E-state index in [1.165, 1.54) is 48.3 Å². The topological polar surface area (TPSA) is 133 Å². The van der Waals surface area contributed by atoms with Crippen LogP contribution in [0.3, 0.4) is 0 Å². The van der Waals surface area contributed by atoms with Crippen LogP contribution >= 0.6 is 23.1 Å². The lowest BCUT2D eigenvalue weighted by atomic mass is 10.1. The highest BCUT2D eigenvalue weighted by Crippen LogP contribution is 2.32. The van der Waals surface area contributed by atoms with Gasteiger partial charge in [0.2, 0.25) is 11.0 Å². The molecule has 0 spiro atoms. The van der Waals surface area contributed by atoms with Crippen LogP contribution in [0.4, 0.5) is 18.3 Å². The Kier molecular flexibility index (Phi) is 8.89. The highest BCUT2D eigenvalue weighted by atomic mass is 32.2. The monoisotopic (exact) mass is 593 g/mol. The van der Waals surface area contributed by atoms with Gasteiger partial charge in [0.05, 0.1) is 43.3 Å². The number of aryl methyl sites for hydroxylation is 1. The van der Waals surface area contributed by atoms with Crippen molar-refractivity contribution >= 4 is 40.0 Å². The lowest BCUT2D eigenvalue weighted by Gasteiger charge is -2.14. The number of carbonyl (C=O) groups is 2. The molecule has 210 valence electrons. The Labute approximate surface area is 234 Å². The fraction of sp³-hybridized carbons (Fsp3) is 0.250. The van der Waals surface area contributed by atoms with Crippen LogP contribution in [0.25, 0.3) is 5.69 Å². The molecule has 16 heteroatoms. The van der Waals surface area contributed by atoms with Crippen molar-refractivity contribution in [3.63, 3.8) is 0 Å². The van der Waals surface area contributed by atoms with E-state index >= 15 is 0 Å². The van der Waals surface area contributed by atoms with Gasteiger partial charge in [-0.2, -0.15) is 13.2 Å². The average Bonchev–Trinajstić information content (AvgIpc) is 3.54. The number of methoxy groups -OCH3 is 2. The molecular formula is C24H22F3N7O4S2. The second-order valence-corrected chi connectivity index (χ2v) is 10.1. The number of benzene rings is 2. The first kappa shape index (κ1) is 28.8. The number of hydrogen-bond donors (Lipinski definition) is 2. The predicted octanol–water partition coefficient (Wildman–Crippen LogP) is 4.12. The first-order valence-corrected chi connectivity index (χ1v) is 13.2. The summed E-state index contributed by atoms with van der Waals surface area (Å²) in [6.07, 6.45) is -4.59. The van der Waals surface area contributed by atoms with E-state index in [4.69, 9.17) is 9.47 Å². The van der Waals surface area contributed by atoms with Crippen LogP contribution in [-0.4, -0.2) is 56.7 Å². The van der Waals surface area contributed by atoms with Gasteiger partial charge in [0, 0.05) is 6.07 Å². The number of hydrogen-bond acceptors (Lipinski definition) is 10. The highest BCUT2D eigenvalue weighted by Gasteiger charge is 2.31. The summed E-state index contributed by atoms with van der Waals surface area (Å²) in [5, 5.41) is 22.2. The van der Waals surface area contributed by atoms with Crippen molar-refractivity contribution in [1.29, 1.82) is 0 Å². The second-order valence-electron chi connectivity index (χ2n) is 7.99. The van der Waals surface area contributed by atoms with Gasteiger partial charge >= 0.3 is 6.18 Å². The summed E-state index contributed by atoms with van der Waals surface area (Å²) >= 11 is 2.16. The Balaban J connectivity index is 1.58. The predicted molar refractivity (Wildman–Crippen MR) is 141 cm³/mol. The fourth-order valence-corrected chi connectivity index (χ4v) is 4.84. The van der Waals surface area contributed by atoms with Gasteiger partial charge in [0.25, 0.3) is 5.91 Å². The van der Waals surface area contributed by atoms with Gasteiger partial charge in [-0.1, -0.05) is 29.2 Å². The molecule has 4 rings (SSSR count). The molecule has 0 aliphatic heterocycles. The molecule has 0 radical (unpaired) electrons. The maximum Gasteiger partial charge on any atom is 0.416 e. The van der Waals surface area contributed by atoms with Gasteiger partial charge in [0.1, 0.15) is 16.5 Å². The smallest absolute Gasteiger partial charge is 0.416 e. The van der Waals surface area contributed by atoms with Gasteiger partial charge in [-0.05, 0) is 37.3 Å². The number of nitrogens with zero attached hydrogens (tertiary/aromatic N) is 5. The fourth-order valence-electron chi connectivity index (χ4n) is 3.46. The third-order valence-corrected chi connectivity index (χ3v) is 6.98. The summed E-state index contributed by atoms with van der Waals surface area (Å²) in [4.78, 5) is 25.4. The SMILES string of the molecule is COc1ccc(C(=O)NCc2nnc(SCC(=O)Nc3nnc(C)s3)n2-c2cccc(C(F)(F)F)c2)c(OC)c1. The summed E-state index contributed by atoms with van der Waals surface area (Å²) in [7, 11) is 2.88. The van der Waals surface area contributed by atoms with Gasteiger partial charge < -0.3 is 14.8 Å². The molecule has 0 aliphatic rings. The Hall–Kier alpha value is -4.18. The second kappa shape index (κ2) is 12.3. The third-order valence-electron chi connectivity index (χ3n) is 5.30. The van der Waals surface area contributed by atoms with Crippen LogP contribution in [0.5, 0.6) is 11.5 Å². The van der Waals surface area contributed by atoms with E-state index in [2.05, 4.69) is 31.0 Å². The highest BCUT2D eigenvalue weighted by molar-refractivity contribution is 7.99. The number of amides is 2. The Morgan fingerprint density at radius 2 is 1.85 bits per heavy atom.